The third kappa shape index (κ3) is 4.49. The lowest BCUT2D eigenvalue weighted by Gasteiger charge is -2.26. The average Bonchev–Trinajstić information content (AvgIpc) is 2.71. The summed E-state index contributed by atoms with van der Waals surface area (Å²) in [6.07, 6.45) is 7.48. The minimum absolute atomic E-state index is 0.128. The van der Waals surface area contributed by atoms with Crippen LogP contribution in [0.25, 0.3) is 6.08 Å². The van der Waals surface area contributed by atoms with Crippen LogP contribution in [0.2, 0.25) is 0 Å². The molecule has 29 heavy (non-hydrogen) atoms. The molecule has 2 aromatic rings. The molecule has 0 spiro atoms. The number of hydrogen-bond donors (Lipinski definition) is 1. The van der Waals surface area contributed by atoms with Crippen LogP contribution in [0.5, 0.6) is 5.75 Å². The van der Waals surface area contributed by atoms with Crippen molar-refractivity contribution >= 4 is 52.2 Å². The van der Waals surface area contributed by atoms with Gasteiger partial charge in [0, 0.05) is 0 Å². The van der Waals surface area contributed by atoms with E-state index in [0.29, 0.717) is 17.0 Å². The maximum absolute atomic E-state index is 12.9. The van der Waals surface area contributed by atoms with Crippen molar-refractivity contribution in [3.8, 4) is 18.1 Å². The number of imide groups is 2. The van der Waals surface area contributed by atoms with Crippen molar-refractivity contribution in [1.82, 2.24) is 5.32 Å². The van der Waals surface area contributed by atoms with Gasteiger partial charge >= 0.3 is 6.03 Å². The number of ether oxygens (including phenoxy) is 1. The zero-order valence-electron chi connectivity index (χ0n) is 15.6. The first kappa shape index (κ1) is 20.6. The fourth-order valence-corrected chi connectivity index (χ4v) is 3.48. The van der Waals surface area contributed by atoms with E-state index >= 15 is 0 Å². The highest BCUT2D eigenvalue weighted by Gasteiger charge is 2.36. The first-order chi connectivity index (χ1) is 13.9. The van der Waals surface area contributed by atoms with Crippen molar-refractivity contribution in [3.63, 3.8) is 0 Å². The summed E-state index contributed by atoms with van der Waals surface area (Å²) in [4.78, 5) is 38.5. The van der Waals surface area contributed by atoms with E-state index in [1.54, 1.807) is 30.3 Å². The van der Waals surface area contributed by atoms with E-state index < -0.39 is 17.8 Å². The molecule has 0 saturated carbocycles. The minimum atomic E-state index is -0.769. The molecule has 0 atom stereocenters. The monoisotopic (exact) mass is 500 g/mol. The number of nitrogens with zero attached hydrogens (tertiary/aromatic N) is 1. The molecule has 0 bridgehead atoms. The Hall–Kier alpha value is -3.12. The van der Waals surface area contributed by atoms with Crippen molar-refractivity contribution in [3.05, 3.63) is 62.7 Å². The first-order valence-corrected chi connectivity index (χ1v) is 9.88. The van der Waals surface area contributed by atoms with Gasteiger partial charge in [0.15, 0.2) is 0 Å². The van der Waals surface area contributed by atoms with E-state index in [1.165, 1.54) is 6.08 Å². The summed E-state index contributed by atoms with van der Waals surface area (Å²) < 4.78 is 6.19. The predicted molar refractivity (Wildman–Crippen MR) is 118 cm³/mol. The van der Waals surface area contributed by atoms with Gasteiger partial charge in [-0.15, -0.1) is 6.42 Å². The number of nitrogens with one attached hydrogen (secondary N) is 1. The predicted octanol–water partition coefficient (Wildman–Crippen LogP) is 3.53. The number of hydrogen-bond acceptors (Lipinski definition) is 4. The fourth-order valence-electron chi connectivity index (χ4n) is 2.78. The van der Waals surface area contributed by atoms with Crippen LogP contribution in [0.1, 0.15) is 18.1 Å². The highest BCUT2D eigenvalue weighted by molar-refractivity contribution is 14.1. The van der Waals surface area contributed by atoms with Crippen LogP contribution in [0.3, 0.4) is 0 Å². The molecule has 0 unspecified atom stereocenters. The van der Waals surface area contributed by atoms with Crippen LogP contribution in [-0.2, 0) is 16.0 Å². The topological polar surface area (TPSA) is 75.7 Å². The Morgan fingerprint density at radius 2 is 1.90 bits per heavy atom. The summed E-state index contributed by atoms with van der Waals surface area (Å²) in [6.45, 7) is 2.16. The van der Waals surface area contributed by atoms with Crippen LogP contribution < -0.4 is 15.0 Å². The van der Waals surface area contributed by atoms with Crippen molar-refractivity contribution in [2.45, 2.75) is 13.3 Å². The number of carbonyl (C=O) groups excluding carboxylic acids is 3. The van der Waals surface area contributed by atoms with E-state index in [-0.39, 0.29) is 12.2 Å². The molecule has 1 aliphatic rings. The molecule has 4 amide bonds. The molecule has 146 valence electrons. The number of urea groups is 1. The first-order valence-electron chi connectivity index (χ1n) is 8.80. The van der Waals surface area contributed by atoms with Gasteiger partial charge in [-0.05, 0) is 70.5 Å². The Labute approximate surface area is 182 Å². The normalized spacial score (nSPS) is 15.3. The molecule has 7 heteroatoms. The summed E-state index contributed by atoms with van der Waals surface area (Å²) in [5.41, 5.74) is 1.97. The Morgan fingerprint density at radius 3 is 2.52 bits per heavy atom. The molecule has 0 radical (unpaired) electrons. The van der Waals surface area contributed by atoms with E-state index in [2.05, 4.69) is 33.8 Å². The Morgan fingerprint density at radius 1 is 1.17 bits per heavy atom. The second-order valence-corrected chi connectivity index (χ2v) is 7.32. The number of barbiturate groups is 1. The Balaban J connectivity index is 1.92. The van der Waals surface area contributed by atoms with Gasteiger partial charge in [0.2, 0.25) is 0 Å². The maximum Gasteiger partial charge on any atom is 0.335 e. The van der Waals surface area contributed by atoms with Crippen LogP contribution in [0, 0.1) is 15.9 Å². The maximum atomic E-state index is 12.9. The molecule has 1 aliphatic heterocycles. The second kappa shape index (κ2) is 8.92. The molecule has 1 saturated heterocycles. The highest BCUT2D eigenvalue weighted by atomic mass is 127. The van der Waals surface area contributed by atoms with Gasteiger partial charge < -0.3 is 4.74 Å². The molecule has 0 aromatic heterocycles. The largest absolute Gasteiger partial charge is 0.480 e. The number of aryl methyl sites for hydroxylation is 1. The molecule has 1 N–H and O–H groups in total. The average molecular weight is 500 g/mol. The van der Waals surface area contributed by atoms with E-state index in [0.717, 1.165) is 20.5 Å². The summed E-state index contributed by atoms with van der Waals surface area (Å²) in [5.74, 6) is 1.60. The molecule has 1 fully saturated rings. The lowest BCUT2D eigenvalue weighted by molar-refractivity contribution is -0.122. The zero-order chi connectivity index (χ0) is 21.0. The van der Waals surface area contributed by atoms with Crippen molar-refractivity contribution in [1.29, 1.82) is 0 Å². The van der Waals surface area contributed by atoms with Crippen molar-refractivity contribution < 1.29 is 19.1 Å². The SMILES string of the molecule is C#CCOc1ccc(/C=C2/C(=O)NC(=O)N(c3ccc(CC)cc3)C2=O)cc1I. The molecule has 6 nitrogen and oxygen atoms in total. The van der Waals surface area contributed by atoms with Crippen LogP contribution >= 0.6 is 22.6 Å². The summed E-state index contributed by atoms with van der Waals surface area (Å²) in [7, 11) is 0. The Bertz CT molecular complexity index is 1050. The standard InChI is InChI=1S/C22H17IN2O4/c1-3-11-29-19-10-7-15(13-18(19)23)12-17-20(26)24-22(28)25(21(17)27)16-8-5-14(4-2)6-9-16/h1,5-10,12-13H,4,11H2,2H3,(H,24,26,28)/b17-12-. The number of benzene rings is 2. The summed E-state index contributed by atoms with van der Waals surface area (Å²) in [6, 6.07) is 11.5. The van der Waals surface area contributed by atoms with Gasteiger partial charge in [0.05, 0.1) is 9.26 Å². The number of halogens is 1. The molecule has 2 aromatic carbocycles. The van der Waals surface area contributed by atoms with Crippen LogP contribution in [-0.4, -0.2) is 24.5 Å². The van der Waals surface area contributed by atoms with Gasteiger partial charge in [-0.1, -0.05) is 31.0 Å². The highest BCUT2D eigenvalue weighted by Crippen LogP contribution is 2.26. The Kier molecular flexibility index (Phi) is 6.34. The number of amides is 4. The quantitative estimate of drug-likeness (QED) is 0.295. The van der Waals surface area contributed by atoms with Crippen molar-refractivity contribution in [2.24, 2.45) is 0 Å². The fraction of sp³-hybridized carbons (Fsp3) is 0.136. The smallest absolute Gasteiger partial charge is 0.335 e. The molecule has 3 rings (SSSR count). The number of rotatable bonds is 5. The van der Waals surface area contributed by atoms with Crippen LogP contribution in [0.4, 0.5) is 10.5 Å². The molecular weight excluding hydrogens is 483 g/mol. The molecular formula is C22H17IN2O4. The van der Waals surface area contributed by atoms with Gasteiger partial charge in [0.1, 0.15) is 17.9 Å². The van der Waals surface area contributed by atoms with Gasteiger partial charge in [0.25, 0.3) is 11.8 Å². The second-order valence-electron chi connectivity index (χ2n) is 6.16. The number of terminal acetylenes is 1. The molecule has 1 heterocycles. The lowest BCUT2D eigenvalue weighted by Crippen LogP contribution is -2.54. The van der Waals surface area contributed by atoms with Gasteiger partial charge in [-0.25, -0.2) is 9.69 Å². The van der Waals surface area contributed by atoms with Crippen LogP contribution in [0.15, 0.2) is 48.0 Å². The lowest BCUT2D eigenvalue weighted by atomic mass is 10.1. The van der Waals surface area contributed by atoms with E-state index in [9.17, 15) is 14.4 Å². The number of anilines is 1. The zero-order valence-corrected chi connectivity index (χ0v) is 17.7. The third-order valence-electron chi connectivity index (χ3n) is 4.28. The van der Waals surface area contributed by atoms with Gasteiger partial charge in [-0.3, -0.25) is 14.9 Å². The summed E-state index contributed by atoms with van der Waals surface area (Å²) in [5, 5.41) is 2.22. The van der Waals surface area contributed by atoms with Crippen molar-refractivity contribution in [2.75, 3.05) is 11.5 Å². The number of carbonyl (C=O) groups is 3. The molecule has 0 aliphatic carbocycles. The van der Waals surface area contributed by atoms with E-state index in [4.69, 9.17) is 11.2 Å². The van der Waals surface area contributed by atoms with E-state index in [1.807, 2.05) is 19.1 Å². The minimum Gasteiger partial charge on any atom is -0.480 e. The van der Waals surface area contributed by atoms with Gasteiger partial charge in [-0.2, -0.15) is 0 Å². The third-order valence-corrected chi connectivity index (χ3v) is 5.13. The summed E-state index contributed by atoms with van der Waals surface area (Å²) >= 11 is 2.08.